The van der Waals surface area contributed by atoms with E-state index in [1.54, 1.807) is 0 Å². The van der Waals surface area contributed by atoms with E-state index in [0.29, 0.717) is 17.5 Å². The van der Waals surface area contributed by atoms with Gasteiger partial charge in [0.25, 0.3) is 0 Å². The van der Waals surface area contributed by atoms with Crippen molar-refractivity contribution in [1.29, 1.82) is 0 Å². The number of hydrogen-bond donors (Lipinski definition) is 0. The van der Waals surface area contributed by atoms with E-state index in [4.69, 9.17) is 19.4 Å². The maximum absolute atomic E-state index is 7.18. The molecule has 0 amide bonds. The van der Waals surface area contributed by atoms with Gasteiger partial charge in [-0.3, -0.25) is 0 Å². The van der Waals surface area contributed by atoms with Crippen LogP contribution in [0.25, 0.3) is 111 Å². The molecule has 0 saturated carbocycles. The topological polar surface area (TPSA) is 61.7 Å². The summed E-state index contributed by atoms with van der Waals surface area (Å²) in [6.07, 6.45) is 0. The van der Waals surface area contributed by atoms with E-state index in [2.05, 4.69) is 138 Å². The summed E-state index contributed by atoms with van der Waals surface area (Å²) in [6.45, 7) is 4.37. The number of rotatable bonds is 5. The molecule has 0 aliphatic carbocycles. The number of hydrogen-bond acceptors (Lipinski definition) is 4. The highest BCUT2D eigenvalue weighted by Crippen LogP contribution is 2.45. The van der Waals surface area contributed by atoms with E-state index in [9.17, 15) is 0 Å². The van der Waals surface area contributed by atoms with Crippen LogP contribution < -0.4 is 0 Å². The van der Waals surface area contributed by atoms with Gasteiger partial charge in [-0.05, 0) is 85.6 Å². The highest BCUT2D eigenvalue weighted by atomic mass is 16.3. The Morgan fingerprint density at radius 2 is 0.797 bits per heavy atom. The molecule has 59 heavy (non-hydrogen) atoms. The van der Waals surface area contributed by atoms with Gasteiger partial charge in [0.05, 0.1) is 38.5 Å². The van der Waals surface area contributed by atoms with Crippen molar-refractivity contribution >= 4 is 65.6 Å². The standard InChI is InChI=1S/C53H35N5O/c1-32-30-36(53-55-51(34-16-6-3-7-17-34)54-52(56-53)35-18-8-4-9-19-35)31-33(2)48(32)58-43-25-15-13-23-41(43)47-45(58)29-27-39-38-26-28-44-46(49(38)59-50(39)47)40-22-12-14-24-42(40)57(44)37-20-10-5-11-21-37/h3-31H,1-2H3. The average molecular weight is 758 g/mol. The molecule has 12 aromatic rings. The molecule has 0 spiro atoms. The van der Waals surface area contributed by atoms with E-state index in [0.717, 1.165) is 99.4 Å². The molecule has 0 aliphatic rings. The third-order valence-electron chi connectivity index (χ3n) is 11.8. The fraction of sp³-hybridized carbons (Fsp3) is 0.0377. The Balaban J connectivity index is 1.07. The smallest absolute Gasteiger partial charge is 0.164 e. The predicted molar refractivity (Wildman–Crippen MR) is 242 cm³/mol. The minimum Gasteiger partial charge on any atom is -0.455 e. The summed E-state index contributed by atoms with van der Waals surface area (Å²) in [5.74, 6) is 1.93. The van der Waals surface area contributed by atoms with Gasteiger partial charge in [0.1, 0.15) is 11.2 Å². The van der Waals surface area contributed by atoms with Crippen LogP contribution in [0.5, 0.6) is 0 Å². The highest BCUT2D eigenvalue weighted by Gasteiger charge is 2.24. The molecule has 8 aromatic carbocycles. The molecule has 6 heteroatoms. The molecule has 278 valence electrons. The van der Waals surface area contributed by atoms with Gasteiger partial charge in [0, 0.05) is 43.9 Å². The molecule has 4 heterocycles. The van der Waals surface area contributed by atoms with Gasteiger partial charge >= 0.3 is 0 Å². The summed E-state index contributed by atoms with van der Waals surface area (Å²) in [5, 5.41) is 6.77. The van der Waals surface area contributed by atoms with Crippen LogP contribution in [0.1, 0.15) is 11.1 Å². The maximum Gasteiger partial charge on any atom is 0.164 e. The van der Waals surface area contributed by atoms with E-state index in [-0.39, 0.29) is 0 Å². The maximum atomic E-state index is 7.18. The zero-order valence-electron chi connectivity index (χ0n) is 32.4. The lowest BCUT2D eigenvalue weighted by molar-refractivity contribution is 0.677. The van der Waals surface area contributed by atoms with Crippen LogP contribution in [0.15, 0.2) is 180 Å². The van der Waals surface area contributed by atoms with Crippen LogP contribution >= 0.6 is 0 Å². The molecule has 4 aromatic heterocycles. The lowest BCUT2D eigenvalue weighted by Crippen LogP contribution is -2.03. The number of aryl methyl sites for hydroxylation is 2. The number of furan rings is 1. The molecule has 0 bridgehead atoms. The summed E-state index contributed by atoms with van der Waals surface area (Å²) in [6, 6.07) is 61.5. The second-order valence-electron chi connectivity index (χ2n) is 15.3. The second-order valence-corrected chi connectivity index (χ2v) is 15.3. The van der Waals surface area contributed by atoms with Crippen molar-refractivity contribution in [2.75, 3.05) is 0 Å². The van der Waals surface area contributed by atoms with Crippen LogP contribution in [0.3, 0.4) is 0 Å². The Morgan fingerprint density at radius 1 is 0.373 bits per heavy atom. The van der Waals surface area contributed by atoms with Gasteiger partial charge < -0.3 is 13.6 Å². The Labute approximate surface area is 339 Å². The molecule has 0 radical (unpaired) electrons. The van der Waals surface area contributed by atoms with Crippen molar-refractivity contribution in [2.45, 2.75) is 13.8 Å². The van der Waals surface area contributed by atoms with Crippen LogP contribution in [0, 0.1) is 13.8 Å². The average Bonchev–Trinajstić information content (AvgIpc) is 3.95. The number of aromatic nitrogens is 5. The van der Waals surface area contributed by atoms with Crippen LogP contribution in [0.2, 0.25) is 0 Å². The molecular weight excluding hydrogens is 723 g/mol. The first kappa shape index (κ1) is 33.3. The highest BCUT2D eigenvalue weighted by molar-refractivity contribution is 6.29. The number of fused-ring (bicyclic) bond motifs is 11. The van der Waals surface area contributed by atoms with Crippen molar-refractivity contribution in [3.8, 4) is 45.5 Å². The third-order valence-corrected chi connectivity index (χ3v) is 11.8. The van der Waals surface area contributed by atoms with E-state index < -0.39 is 0 Å². The van der Waals surface area contributed by atoms with Crippen LogP contribution in [-0.2, 0) is 0 Å². The molecular formula is C53H35N5O. The van der Waals surface area contributed by atoms with Gasteiger partial charge in [0.2, 0.25) is 0 Å². The minimum absolute atomic E-state index is 0.640. The molecule has 0 unspecified atom stereocenters. The number of benzene rings is 8. The van der Waals surface area contributed by atoms with E-state index in [1.165, 1.54) is 5.39 Å². The molecule has 0 aliphatic heterocycles. The molecule has 0 saturated heterocycles. The van der Waals surface area contributed by atoms with Crippen LogP contribution in [0.4, 0.5) is 0 Å². The first-order chi connectivity index (χ1) is 29.1. The van der Waals surface area contributed by atoms with E-state index in [1.807, 2.05) is 60.7 Å². The minimum atomic E-state index is 0.640. The van der Waals surface area contributed by atoms with Gasteiger partial charge in [-0.25, -0.2) is 15.0 Å². The first-order valence-corrected chi connectivity index (χ1v) is 20.0. The second kappa shape index (κ2) is 12.8. The van der Waals surface area contributed by atoms with Crippen molar-refractivity contribution in [3.05, 3.63) is 187 Å². The van der Waals surface area contributed by atoms with Gasteiger partial charge in [0.15, 0.2) is 17.5 Å². The Kier molecular flexibility index (Phi) is 7.26. The summed E-state index contributed by atoms with van der Waals surface area (Å²) in [4.78, 5) is 15.0. The van der Waals surface area contributed by atoms with Crippen molar-refractivity contribution < 1.29 is 4.42 Å². The van der Waals surface area contributed by atoms with Crippen molar-refractivity contribution in [3.63, 3.8) is 0 Å². The lowest BCUT2D eigenvalue weighted by atomic mass is 10.0. The molecule has 0 atom stereocenters. The quantitative estimate of drug-likeness (QED) is 0.175. The Hall–Kier alpha value is -7.83. The molecule has 0 N–H and O–H groups in total. The molecule has 0 fully saturated rings. The zero-order chi connectivity index (χ0) is 39.2. The van der Waals surface area contributed by atoms with E-state index >= 15 is 0 Å². The predicted octanol–water partition coefficient (Wildman–Crippen LogP) is 13.6. The fourth-order valence-corrected chi connectivity index (χ4v) is 9.27. The third kappa shape index (κ3) is 5.03. The monoisotopic (exact) mass is 757 g/mol. The van der Waals surface area contributed by atoms with Crippen molar-refractivity contribution in [1.82, 2.24) is 24.1 Å². The number of nitrogens with zero attached hydrogens (tertiary/aromatic N) is 5. The van der Waals surface area contributed by atoms with Crippen molar-refractivity contribution in [2.24, 2.45) is 0 Å². The lowest BCUT2D eigenvalue weighted by Gasteiger charge is -2.16. The Bertz CT molecular complexity index is 3540. The van der Waals surface area contributed by atoms with Crippen LogP contribution in [-0.4, -0.2) is 24.1 Å². The first-order valence-electron chi connectivity index (χ1n) is 20.0. The zero-order valence-corrected chi connectivity index (χ0v) is 32.4. The van der Waals surface area contributed by atoms with Gasteiger partial charge in [-0.2, -0.15) is 0 Å². The molecule has 6 nitrogen and oxygen atoms in total. The molecule has 12 rings (SSSR count). The van der Waals surface area contributed by atoms with Gasteiger partial charge in [-0.15, -0.1) is 0 Å². The summed E-state index contributed by atoms with van der Waals surface area (Å²) in [7, 11) is 0. The van der Waals surface area contributed by atoms with Gasteiger partial charge in [-0.1, -0.05) is 115 Å². The fourth-order valence-electron chi connectivity index (χ4n) is 9.27. The summed E-state index contributed by atoms with van der Waals surface area (Å²) in [5.41, 5.74) is 13.6. The Morgan fingerprint density at radius 3 is 1.32 bits per heavy atom. The summed E-state index contributed by atoms with van der Waals surface area (Å²) >= 11 is 0. The largest absolute Gasteiger partial charge is 0.455 e. The SMILES string of the molecule is Cc1cc(-c2nc(-c3ccccc3)nc(-c3ccccc3)n2)cc(C)c1-n1c2ccccc2c2c3oc4c(ccc5c4c4ccccc4n5-c4ccccc4)c3ccc21. The normalized spacial score (nSPS) is 11.9. The summed E-state index contributed by atoms with van der Waals surface area (Å²) < 4.78 is 11.9. The number of para-hydroxylation sites is 3.